The number of hydrogen-bond acceptors (Lipinski definition) is 5. The Bertz CT molecular complexity index is 863. The summed E-state index contributed by atoms with van der Waals surface area (Å²) < 4.78 is 5.13. The summed E-state index contributed by atoms with van der Waals surface area (Å²) >= 11 is 0. The topological polar surface area (TPSA) is 92.1 Å². The smallest absolute Gasteiger partial charge is 0.259 e. The van der Waals surface area contributed by atoms with Crippen molar-refractivity contribution in [3.63, 3.8) is 0 Å². The third-order valence-electron chi connectivity index (χ3n) is 5.26. The number of carbonyl (C=O) groups is 1. The molecule has 7 heteroatoms. The van der Waals surface area contributed by atoms with Crippen LogP contribution in [0.15, 0.2) is 9.32 Å². The molecule has 3 heterocycles. The third kappa shape index (κ3) is 2.18. The van der Waals surface area contributed by atoms with Gasteiger partial charge in [0.2, 0.25) is 0 Å². The fourth-order valence-electron chi connectivity index (χ4n) is 4.10. The largest absolute Gasteiger partial charge is 0.361 e. The summed E-state index contributed by atoms with van der Waals surface area (Å²) in [7, 11) is 0. The van der Waals surface area contributed by atoms with Gasteiger partial charge in [-0.1, -0.05) is 5.16 Å². The molecule has 0 spiro atoms. The maximum Gasteiger partial charge on any atom is 0.259 e. The SMILES string of the molecule is Cc1nc2c(c(=O)[nH]1)CC[C@@H]1CN(C(=O)c3c(C)noc3C)C[C@H]21. The van der Waals surface area contributed by atoms with E-state index in [9.17, 15) is 9.59 Å². The summed E-state index contributed by atoms with van der Waals surface area (Å²) in [6, 6.07) is 0. The zero-order valence-electron chi connectivity index (χ0n) is 14.0. The summed E-state index contributed by atoms with van der Waals surface area (Å²) in [6.45, 7) is 6.63. The van der Waals surface area contributed by atoms with Gasteiger partial charge in [-0.2, -0.15) is 0 Å². The van der Waals surface area contributed by atoms with Gasteiger partial charge in [0.05, 0.1) is 11.4 Å². The van der Waals surface area contributed by atoms with E-state index in [1.54, 1.807) is 20.8 Å². The Kier molecular flexibility index (Phi) is 3.33. The number of likely N-dealkylation sites (tertiary alicyclic amines) is 1. The first kappa shape index (κ1) is 15.1. The van der Waals surface area contributed by atoms with Crippen LogP contribution >= 0.6 is 0 Å². The van der Waals surface area contributed by atoms with Crippen LogP contribution in [-0.4, -0.2) is 39.0 Å². The van der Waals surface area contributed by atoms with Crippen molar-refractivity contribution in [3.8, 4) is 0 Å². The highest BCUT2D eigenvalue weighted by molar-refractivity contribution is 5.96. The predicted octanol–water partition coefficient (Wildman–Crippen LogP) is 1.49. The second-order valence-corrected chi connectivity index (χ2v) is 6.83. The molecular formula is C17H20N4O3. The molecule has 2 aromatic heterocycles. The van der Waals surface area contributed by atoms with E-state index < -0.39 is 0 Å². The number of hydrogen-bond donors (Lipinski definition) is 1. The Morgan fingerprint density at radius 1 is 1.29 bits per heavy atom. The third-order valence-corrected chi connectivity index (χ3v) is 5.26. The van der Waals surface area contributed by atoms with E-state index in [0.717, 1.165) is 24.1 Å². The number of carbonyl (C=O) groups excluding carboxylic acids is 1. The van der Waals surface area contributed by atoms with Crippen LogP contribution in [0, 0.1) is 26.7 Å². The Labute approximate surface area is 139 Å². The van der Waals surface area contributed by atoms with Crippen molar-refractivity contribution >= 4 is 5.91 Å². The fraction of sp³-hybridized carbons (Fsp3) is 0.529. The molecule has 1 aliphatic heterocycles. The second kappa shape index (κ2) is 5.29. The maximum atomic E-state index is 12.9. The number of nitrogens with zero attached hydrogens (tertiary/aromatic N) is 3. The van der Waals surface area contributed by atoms with Crippen molar-refractivity contribution in [2.24, 2.45) is 5.92 Å². The highest BCUT2D eigenvalue weighted by Gasteiger charge is 2.42. The quantitative estimate of drug-likeness (QED) is 0.856. The van der Waals surface area contributed by atoms with E-state index in [2.05, 4.69) is 15.1 Å². The van der Waals surface area contributed by atoms with Gasteiger partial charge in [0.25, 0.3) is 11.5 Å². The molecule has 0 bridgehead atoms. The van der Waals surface area contributed by atoms with E-state index in [1.165, 1.54) is 0 Å². The summed E-state index contributed by atoms with van der Waals surface area (Å²) in [5, 5.41) is 3.88. The molecule has 2 atom stereocenters. The van der Waals surface area contributed by atoms with E-state index in [1.807, 2.05) is 4.90 Å². The van der Waals surface area contributed by atoms with Crippen LogP contribution < -0.4 is 5.56 Å². The van der Waals surface area contributed by atoms with Crippen molar-refractivity contribution in [1.82, 2.24) is 20.0 Å². The molecule has 0 saturated carbocycles. The zero-order chi connectivity index (χ0) is 17.0. The molecule has 24 heavy (non-hydrogen) atoms. The molecule has 1 N–H and O–H groups in total. The number of rotatable bonds is 1. The van der Waals surface area contributed by atoms with Gasteiger partial charge >= 0.3 is 0 Å². The minimum atomic E-state index is -0.0382. The van der Waals surface area contributed by atoms with Gasteiger partial charge in [-0.05, 0) is 39.5 Å². The Morgan fingerprint density at radius 2 is 2.08 bits per heavy atom. The Hall–Kier alpha value is -2.44. The molecular weight excluding hydrogens is 308 g/mol. The number of amides is 1. The van der Waals surface area contributed by atoms with Crippen LogP contribution in [-0.2, 0) is 6.42 Å². The molecule has 7 nitrogen and oxygen atoms in total. The molecule has 0 radical (unpaired) electrons. The van der Waals surface area contributed by atoms with E-state index in [0.29, 0.717) is 41.8 Å². The van der Waals surface area contributed by atoms with Crippen molar-refractivity contribution in [1.29, 1.82) is 0 Å². The number of aromatic nitrogens is 3. The normalized spacial score (nSPS) is 22.4. The van der Waals surface area contributed by atoms with Crippen LogP contribution in [0.4, 0.5) is 0 Å². The number of nitrogens with one attached hydrogen (secondary N) is 1. The van der Waals surface area contributed by atoms with Crippen LogP contribution in [0.1, 0.15) is 51.2 Å². The second-order valence-electron chi connectivity index (χ2n) is 6.83. The monoisotopic (exact) mass is 328 g/mol. The van der Waals surface area contributed by atoms with Gasteiger partial charge in [0, 0.05) is 24.6 Å². The molecule has 1 fully saturated rings. The molecule has 4 rings (SSSR count). The standard InChI is InChI=1S/C17H20N4O3/c1-8-14(9(2)24-20-8)17(23)21-6-11-4-5-12-15(13(11)7-21)18-10(3)19-16(12)22/h11,13H,4-7H2,1-3H3,(H,18,19,22)/t11-,13+/m1/s1. The van der Waals surface area contributed by atoms with Crippen LogP contribution in [0.5, 0.6) is 0 Å². The molecule has 2 aliphatic rings. The summed E-state index contributed by atoms with van der Waals surface area (Å²) in [5.74, 6) is 1.65. The lowest BCUT2D eigenvalue weighted by atomic mass is 9.80. The number of aryl methyl sites for hydroxylation is 3. The average molecular weight is 328 g/mol. The fourth-order valence-corrected chi connectivity index (χ4v) is 4.10. The van der Waals surface area contributed by atoms with Gasteiger partial charge in [0.1, 0.15) is 17.1 Å². The lowest BCUT2D eigenvalue weighted by Gasteiger charge is -2.25. The van der Waals surface area contributed by atoms with Crippen LogP contribution in [0.3, 0.4) is 0 Å². The van der Waals surface area contributed by atoms with Gasteiger partial charge in [-0.3, -0.25) is 9.59 Å². The van der Waals surface area contributed by atoms with Gasteiger partial charge in [-0.15, -0.1) is 0 Å². The van der Waals surface area contributed by atoms with Crippen molar-refractivity contribution < 1.29 is 9.32 Å². The summed E-state index contributed by atoms with van der Waals surface area (Å²) in [5.41, 5.74) is 2.81. The minimum Gasteiger partial charge on any atom is -0.361 e. The van der Waals surface area contributed by atoms with Crippen LogP contribution in [0.2, 0.25) is 0 Å². The summed E-state index contributed by atoms with van der Waals surface area (Å²) in [4.78, 5) is 34.3. The lowest BCUT2D eigenvalue weighted by Crippen LogP contribution is -2.29. The maximum absolute atomic E-state index is 12.9. The lowest BCUT2D eigenvalue weighted by molar-refractivity contribution is 0.0783. The van der Waals surface area contributed by atoms with E-state index in [4.69, 9.17) is 4.52 Å². The van der Waals surface area contributed by atoms with E-state index in [-0.39, 0.29) is 17.4 Å². The van der Waals surface area contributed by atoms with Crippen molar-refractivity contribution in [2.45, 2.75) is 39.5 Å². The first-order chi connectivity index (χ1) is 11.5. The summed E-state index contributed by atoms with van der Waals surface area (Å²) in [6.07, 6.45) is 1.64. The Balaban J connectivity index is 1.67. The number of aromatic amines is 1. The predicted molar refractivity (Wildman–Crippen MR) is 86.0 cm³/mol. The molecule has 1 saturated heterocycles. The number of fused-ring (bicyclic) bond motifs is 3. The van der Waals surface area contributed by atoms with Gasteiger partial charge < -0.3 is 14.4 Å². The van der Waals surface area contributed by atoms with Crippen LogP contribution in [0.25, 0.3) is 0 Å². The van der Waals surface area contributed by atoms with Gasteiger partial charge in [-0.25, -0.2) is 4.98 Å². The van der Waals surface area contributed by atoms with Crippen molar-refractivity contribution in [2.75, 3.05) is 13.1 Å². The highest BCUT2D eigenvalue weighted by atomic mass is 16.5. The highest BCUT2D eigenvalue weighted by Crippen LogP contribution is 2.40. The van der Waals surface area contributed by atoms with Crippen molar-refractivity contribution in [3.05, 3.63) is 44.5 Å². The number of H-pyrrole nitrogens is 1. The molecule has 1 amide bonds. The van der Waals surface area contributed by atoms with E-state index >= 15 is 0 Å². The average Bonchev–Trinajstić information content (AvgIpc) is 3.10. The first-order valence-electron chi connectivity index (χ1n) is 8.27. The molecule has 2 aromatic rings. The molecule has 0 unspecified atom stereocenters. The zero-order valence-corrected chi connectivity index (χ0v) is 14.0. The Morgan fingerprint density at radius 3 is 2.79 bits per heavy atom. The molecule has 1 aliphatic carbocycles. The molecule has 0 aromatic carbocycles. The molecule has 126 valence electrons. The van der Waals surface area contributed by atoms with Gasteiger partial charge in [0.15, 0.2) is 0 Å². The first-order valence-corrected chi connectivity index (χ1v) is 8.27. The minimum absolute atomic E-state index is 0.0357.